The van der Waals surface area contributed by atoms with Gasteiger partial charge in [-0.25, -0.2) is 5.84 Å². The number of carbonyl (C=O) groups is 2. The SMILES string of the molecule is COc1cccc(C(C#N)NC(=O)/C(N)=C/N(N)CCNC(=O)c2ccc(OC)c(OC)c2OC)c1. The van der Waals surface area contributed by atoms with Crippen molar-refractivity contribution in [2.45, 2.75) is 6.04 Å². The number of ether oxygens (including phenoxy) is 4. The fourth-order valence-electron chi connectivity index (χ4n) is 3.20. The molecule has 12 nitrogen and oxygen atoms in total. The number of nitriles is 1. The number of hydrazine groups is 1. The highest BCUT2D eigenvalue weighted by Gasteiger charge is 2.21. The van der Waals surface area contributed by atoms with Crippen LogP contribution < -0.4 is 41.2 Å². The second-order valence-electron chi connectivity index (χ2n) is 7.27. The first-order valence-electron chi connectivity index (χ1n) is 10.7. The molecule has 2 aromatic rings. The average molecular weight is 499 g/mol. The molecular formula is C24H30N6O6. The van der Waals surface area contributed by atoms with Crippen molar-refractivity contribution in [2.75, 3.05) is 41.5 Å². The topological polar surface area (TPSA) is 174 Å². The molecule has 0 heterocycles. The van der Waals surface area contributed by atoms with Crippen LogP contribution in [0.1, 0.15) is 22.0 Å². The van der Waals surface area contributed by atoms with Crippen LogP contribution in [0.15, 0.2) is 48.3 Å². The number of carbonyl (C=O) groups excluding carboxylic acids is 2. The number of hydrogen-bond donors (Lipinski definition) is 4. The zero-order valence-electron chi connectivity index (χ0n) is 20.5. The Bertz CT molecular complexity index is 1150. The maximum absolute atomic E-state index is 12.6. The van der Waals surface area contributed by atoms with Gasteiger partial charge in [-0.05, 0) is 29.8 Å². The van der Waals surface area contributed by atoms with Crippen molar-refractivity contribution in [3.8, 4) is 29.1 Å². The van der Waals surface area contributed by atoms with E-state index in [1.165, 1.54) is 34.6 Å². The van der Waals surface area contributed by atoms with Crippen LogP contribution in [0.25, 0.3) is 0 Å². The van der Waals surface area contributed by atoms with E-state index in [1.54, 1.807) is 36.4 Å². The van der Waals surface area contributed by atoms with Gasteiger partial charge in [0.1, 0.15) is 17.5 Å². The average Bonchev–Trinajstić information content (AvgIpc) is 2.90. The van der Waals surface area contributed by atoms with Crippen molar-refractivity contribution in [3.63, 3.8) is 0 Å². The summed E-state index contributed by atoms with van der Waals surface area (Å²) >= 11 is 0. The Labute approximate surface area is 209 Å². The van der Waals surface area contributed by atoms with Crippen LogP contribution in [-0.4, -0.2) is 58.4 Å². The Morgan fingerprint density at radius 3 is 2.42 bits per heavy atom. The Kier molecular flexibility index (Phi) is 10.2. The van der Waals surface area contributed by atoms with E-state index in [4.69, 9.17) is 30.5 Å². The summed E-state index contributed by atoms with van der Waals surface area (Å²) < 4.78 is 21.0. The van der Waals surface area contributed by atoms with Crippen LogP contribution in [0.5, 0.6) is 23.0 Å². The van der Waals surface area contributed by atoms with Crippen LogP contribution >= 0.6 is 0 Å². The zero-order valence-corrected chi connectivity index (χ0v) is 20.5. The second kappa shape index (κ2) is 13.3. The van der Waals surface area contributed by atoms with Crippen molar-refractivity contribution in [2.24, 2.45) is 11.6 Å². The molecule has 0 saturated heterocycles. The van der Waals surface area contributed by atoms with Crippen molar-refractivity contribution >= 4 is 11.8 Å². The van der Waals surface area contributed by atoms with Crippen LogP contribution in [0.2, 0.25) is 0 Å². The minimum Gasteiger partial charge on any atom is -0.497 e. The molecule has 1 atom stereocenters. The highest BCUT2D eigenvalue weighted by atomic mass is 16.5. The fourth-order valence-corrected chi connectivity index (χ4v) is 3.20. The lowest BCUT2D eigenvalue weighted by atomic mass is 10.1. The van der Waals surface area contributed by atoms with Gasteiger partial charge < -0.3 is 40.3 Å². The normalized spacial score (nSPS) is 11.5. The smallest absolute Gasteiger partial charge is 0.270 e. The van der Waals surface area contributed by atoms with Crippen molar-refractivity contribution < 1.29 is 28.5 Å². The van der Waals surface area contributed by atoms with Crippen molar-refractivity contribution in [1.29, 1.82) is 5.26 Å². The molecule has 12 heteroatoms. The number of benzene rings is 2. The molecule has 0 radical (unpaired) electrons. The van der Waals surface area contributed by atoms with Gasteiger partial charge in [0, 0.05) is 12.7 Å². The lowest BCUT2D eigenvalue weighted by Gasteiger charge is -2.18. The van der Waals surface area contributed by atoms with Crippen LogP contribution in [0, 0.1) is 11.3 Å². The molecule has 2 amide bonds. The predicted molar refractivity (Wildman–Crippen MR) is 131 cm³/mol. The Morgan fingerprint density at radius 2 is 1.81 bits per heavy atom. The van der Waals surface area contributed by atoms with Crippen molar-refractivity contribution in [1.82, 2.24) is 15.6 Å². The minimum absolute atomic E-state index is 0.128. The van der Waals surface area contributed by atoms with Gasteiger partial charge in [-0.2, -0.15) is 5.26 Å². The van der Waals surface area contributed by atoms with Gasteiger partial charge >= 0.3 is 0 Å². The first-order valence-corrected chi connectivity index (χ1v) is 10.7. The van der Waals surface area contributed by atoms with E-state index >= 15 is 0 Å². The van der Waals surface area contributed by atoms with Gasteiger partial charge in [-0.15, -0.1) is 0 Å². The molecular weight excluding hydrogens is 468 g/mol. The molecule has 0 aliphatic heterocycles. The van der Waals surface area contributed by atoms with Crippen molar-refractivity contribution in [3.05, 3.63) is 59.4 Å². The van der Waals surface area contributed by atoms with E-state index in [-0.39, 0.29) is 30.1 Å². The highest BCUT2D eigenvalue weighted by molar-refractivity contribution is 5.98. The lowest BCUT2D eigenvalue weighted by Crippen LogP contribution is -2.38. The van der Waals surface area contributed by atoms with Gasteiger partial charge in [0.2, 0.25) is 5.75 Å². The zero-order chi connectivity index (χ0) is 26.7. The third kappa shape index (κ3) is 6.94. The van der Waals surface area contributed by atoms with E-state index in [9.17, 15) is 14.9 Å². The summed E-state index contributed by atoms with van der Waals surface area (Å²) in [5, 5.41) is 15.8. The maximum Gasteiger partial charge on any atom is 0.270 e. The van der Waals surface area contributed by atoms with E-state index < -0.39 is 17.9 Å². The summed E-state index contributed by atoms with van der Waals surface area (Å²) in [7, 11) is 5.84. The predicted octanol–water partition coefficient (Wildman–Crippen LogP) is 0.808. The summed E-state index contributed by atoms with van der Waals surface area (Å²) in [6, 6.07) is 11.0. The lowest BCUT2D eigenvalue weighted by molar-refractivity contribution is -0.118. The Hall–Kier alpha value is -4.63. The molecule has 0 saturated carbocycles. The highest BCUT2D eigenvalue weighted by Crippen LogP contribution is 2.39. The van der Waals surface area contributed by atoms with E-state index in [0.29, 0.717) is 22.8 Å². The second-order valence-corrected chi connectivity index (χ2v) is 7.27. The molecule has 1 unspecified atom stereocenters. The Morgan fingerprint density at radius 1 is 1.08 bits per heavy atom. The monoisotopic (exact) mass is 498 g/mol. The van der Waals surface area contributed by atoms with Gasteiger partial charge in [-0.3, -0.25) is 9.59 Å². The first kappa shape index (κ1) is 27.6. The Balaban J connectivity index is 1.96. The number of amides is 2. The number of nitrogens with two attached hydrogens (primary N) is 2. The van der Waals surface area contributed by atoms with E-state index in [2.05, 4.69) is 10.6 Å². The third-order valence-electron chi connectivity index (χ3n) is 5.00. The number of nitrogens with one attached hydrogen (secondary N) is 2. The third-order valence-corrected chi connectivity index (χ3v) is 5.00. The molecule has 0 aromatic heterocycles. The van der Waals surface area contributed by atoms with Crippen LogP contribution in [0.3, 0.4) is 0 Å². The molecule has 0 aliphatic rings. The molecule has 0 bridgehead atoms. The number of rotatable bonds is 12. The summed E-state index contributed by atoms with van der Waals surface area (Å²) in [6.45, 7) is 0.260. The summed E-state index contributed by atoms with van der Waals surface area (Å²) in [5.41, 5.74) is 6.41. The summed E-state index contributed by atoms with van der Waals surface area (Å²) in [5.74, 6) is 6.27. The molecule has 36 heavy (non-hydrogen) atoms. The van der Waals surface area contributed by atoms with Gasteiger partial charge in [0.15, 0.2) is 11.5 Å². The quantitative estimate of drug-likeness (QED) is 0.186. The molecule has 0 spiro atoms. The first-order chi connectivity index (χ1) is 17.3. The summed E-state index contributed by atoms with van der Waals surface area (Å²) in [4.78, 5) is 25.1. The minimum atomic E-state index is -0.943. The number of methoxy groups -OCH3 is 4. The molecule has 2 aromatic carbocycles. The molecule has 192 valence electrons. The van der Waals surface area contributed by atoms with Crippen LogP contribution in [-0.2, 0) is 4.79 Å². The molecule has 0 fully saturated rings. The van der Waals surface area contributed by atoms with Gasteiger partial charge in [0.25, 0.3) is 11.8 Å². The molecule has 0 aliphatic carbocycles. The standard InChI is InChI=1S/C24H30N6O6/c1-33-16-7-5-6-15(12-16)19(13-25)29-24(32)18(26)14-30(27)11-10-28-23(31)17-8-9-20(34-2)22(36-4)21(17)35-3/h5-9,12,14,19H,10-11,26-27H2,1-4H3,(H,28,31)(H,29,32)/b18-14-. The van der Waals surface area contributed by atoms with Gasteiger partial charge in [-0.1, -0.05) is 12.1 Å². The number of nitrogens with zero attached hydrogens (tertiary/aromatic N) is 2. The van der Waals surface area contributed by atoms with E-state index in [1.807, 2.05) is 6.07 Å². The molecule has 6 N–H and O–H groups in total. The fraction of sp³-hybridized carbons (Fsp3) is 0.292. The number of hydrogen-bond acceptors (Lipinski definition) is 10. The van der Waals surface area contributed by atoms with Gasteiger partial charge in [0.05, 0.1) is 46.6 Å². The maximum atomic E-state index is 12.6. The largest absolute Gasteiger partial charge is 0.497 e. The van der Waals surface area contributed by atoms with Crippen LogP contribution in [0.4, 0.5) is 0 Å². The van der Waals surface area contributed by atoms with E-state index in [0.717, 1.165) is 5.01 Å². The summed E-state index contributed by atoms with van der Waals surface area (Å²) in [6.07, 6.45) is 1.21. The molecule has 2 rings (SSSR count).